The fraction of sp³-hybridized carbons (Fsp3) is 0.647. The number of ether oxygens (including phenoxy) is 1. The highest BCUT2D eigenvalue weighted by atomic mass is 32.2. The average Bonchev–Trinajstić information content (AvgIpc) is 3.28. The molecule has 1 aromatic carbocycles. The molecule has 1 saturated carbocycles. The molecule has 0 unspecified atom stereocenters. The minimum atomic E-state index is -3.06. The van der Waals surface area contributed by atoms with Gasteiger partial charge in [0, 0.05) is 0 Å². The first-order valence-corrected chi connectivity index (χ1v) is 9.86. The molecule has 0 amide bonds. The van der Waals surface area contributed by atoms with Gasteiger partial charge < -0.3 is 4.74 Å². The third-order valence-corrected chi connectivity index (χ3v) is 5.93. The summed E-state index contributed by atoms with van der Waals surface area (Å²) in [4.78, 5) is 0. The number of unbranched alkanes of at least 4 members (excludes halogenated alkanes) is 1. The maximum atomic E-state index is 13.8. The number of hydrogen-bond donors (Lipinski definition) is 0. The summed E-state index contributed by atoms with van der Waals surface area (Å²) in [6, 6.07) is 4.67. The van der Waals surface area contributed by atoms with Gasteiger partial charge in [0.15, 0.2) is 21.4 Å². The van der Waals surface area contributed by atoms with Gasteiger partial charge in [-0.15, -0.1) is 0 Å². The van der Waals surface area contributed by atoms with Crippen molar-refractivity contribution in [3.05, 3.63) is 29.6 Å². The molecule has 0 radical (unpaired) electrons. The molecule has 0 spiro atoms. The molecule has 5 heteroatoms. The normalized spacial score (nSPS) is 16.5. The summed E-state index contributed by atoms with van der Waals surface area (Å²) in [5.41, 5.74) is 0.812. The van der Waals surface area contributed by atoms with E-state index in [0.29, 0.717) is 18.9 Å². The van der Waals surface area contributed by atoms with Gasteiger partial charge in [0.25, 0.3) is 0 Å². The molecule has 1 aliphatic carbocycles. The van der Waals surface area contributed by atoms with Crippen molar-refractivity contribution in [2.45, 2.75) is 45.4 Å². The van der Waals surface area contributed by atoms with Crippen molar-refractivity contribution in [3.63, 3.8) is 0 Å². The van der Waals surface area contributed by atoms with Gasteiger partial charge in [-0.25, -0.2) is 12.8 Å². The van der Waals surface area contributed by atoms with Crippen molar-refractivity contribution in [1.82, 2.24) is 0 Å². The molecule has 0 saturated heterocycles. The number of hydrogen-bond acceptors (Lipinski definition) is 3. The molecule has 0 bridgehead atoms. The summed E-state index contributed by atoms with van der Waals surface area (Å²) in [5, 5.41) is 0. The molecule has 2 rings (SSSR count). The van der Waals surface area contributed by atoms with E-state index in [2.05, 4.69) is 0 Å². The second-order valence-electron chi connectivity index (χ2n) is 6.31. The van der Waals surface area contributed by atoms with E-state index < -0.39 is 9.84 Å². The van der Waals surface area contributed by atoms with Gasteiger partial charge in [0.2, 0.25) is 0 Å². The van der Waals surface area contributed by atoms with Crippen molar-refractivity contribution in [2.24, 2.45) is 5.92 Å². The Morgan fingerprint density at radius 3 is 2.73 bits per heavy atom. The Kier molecular flexibility index (Phi) is 5.84. The lowest BCUT2D eigenvalue weighted by atomic mass is 10.0. The Hall–Kier alpha value is -1.10. The predicted octanol–water partition coefficient (Wildman–Crippen LogP) is 3.93. The standard InChI is InChI=1S/C17H25FO3S/c1-3-4-9-22(19,20)12-13(2)15-7-8-16(18)17(10-15)21-11-14-5-6-14/h7-8,10,13-14H,3-6,9,11-12H2,1-2H3/t13-/m0/s1. The van der Waals surface area contributed by atoms with Gasteiger partial charge in [-0.2, -0.15) is 0 Å². The van der Waals surface area contributed by atoms with Crippen molar-refractivity contribution in [1.29, 1.82) is 0 Å². The first-order chi connectivity index (χ1) is 10.4. The average molecular weight is 328 g/mol. The lowest BCUT2D eigenvalue weighted by Gasteiger charge is -2.14. The molecule has 1 aromatic rings. The van der Waals surface area contributed by atoms with Gasteiger partial charge in [0.1, 0.15) is 0 Å². The van der Waals surface area contributed by atoms with E-state index >= 15 is 0 Å². The van der Waals surface area contributed by atoms with E-state index in [0.717, 1.165) is 24.8 Å². The molecule has 1 atom stereocenters. The van der Waals surface area contributed by atoms with Crippen molar-refractivity contribution in [3.8, 4) is 5.75 Å². The maximum absolute atomic E-state index is 13.8. The molecular weight excluding hydrogens is 303 g/mol. The third kappa shape index (κ3) is 5.27. The van der Waals surface area contributed by atoms with Crippen molar-refractivity contribution >= 4 is 9.84 Å². The van der Waals surface area contributed by atoms with Crippen LogP contribution in [0.2, 0.25) is 0 Å². The van der Waals surface area contributed by atoms with Crippen LogP contribution in [0.4, 0.5) is 4.39 Å². The largest absolute Gasteiger partial charge is 0.490 e. The molecule has 1 aliphatic rings. The fourth-order valence-corrected chi connectivity index (χ4v) is 4.20. The van der Waals surface area contributed by atoms with Crippen LogP contribution in [0.25, 0.3) is 0 Å². The van der Waals surface area contributed by atoms with Gasteiger partial charge in [-0.3, -0.25) is 0 Å². The third-order valence-electron chi connectivity index (χ3n) is 4.01. The molecule has 3 nitrogen and oxygen atoms in total. The van der Waals surface area contributed by atoms with Crippen LogP contribution >= 0.6 is 0 Å². The SMILES string of the molecule is CCCCS(=O)(=O)C[C@H](C)c1ccc(F)c(OCC2CC2)c1. The van der Waals surface area contributed by atoms with E-state index in [-0.39, 0.29) is 29.0 Å². The van der Waals surface area contributed by atoms with E-state index in [1.165, 1.54) is 6.07 Å². The second kappa shape index (κ2) is 7.44. The second-order valence-corrected chi connectivity index (χ2v) is 8.54. The fourth-order valence-electron chi connectivity index (χ4n) is 2.35. The van der Waals surface area contributed by atoms with Crippen LogP contribution in [-0.4, -0.2) is 26.5 Å². The monoisotopic (exact) mass is 328 g/mol. The van der Waals surface area contributed by atoms with E-state index in [1.807, 2.05) is 13.8 Å². The minimum Gasteiger partial charge on any atom is -0.490 e. The Bertz CT molecular complexity index is 594. The van der Waals surface area contributed by atoms with Gasteiger partial charge in [-0.05, 0) is 48.8 Å². The van der Waals surface area contributed by atoms with Crippen LogP contribution in [0, 0.1) is 11.7 Å². The lowest BCUT2D eigenvalue weighted by Crippen LogP contribution is -2.16. The molecular formula is C17H25FO3S. The Morgan fingerprint density at radius 1 is 1.36 bits per heavy atom. The summed E-state index contributed by atoms with van der Waals surface area (Å²) in [7, 11) is -3.06. The highest BCUT2D eigenvalue weighted by Crippen LogP contribution is 2.31. The van der Waals surface area contributed by atoms with Crippen LogP contribution in [0.5, 0.6) is 5.75 Å². The molecule has 0 aliphatic heterocycles. The van der Waals surface area contributed by atoms with Crippen LogP contribution in [0.15, 0.2) is 18.2 Å². The van der Waals surface area contributed by atoms with Crippen LogP contribution < -0.4 is 4.74 Å². The Morgan fingerprint density at radius 2 is 2.09 bits per heavy atom. The van der Waals surface area contributed by atoms with Crippen LogP contribution in [-0.2, 0) is 9.84 Å². The molecule has 1 fully saturated rings. The summed E-state index contributed by atoms with van der Waals surface area (Å²) in [6.07, 6.45) is 3.85. The zero-order valence-electron chi connectivity index (χ0n) is 13.3. The number of rotatable bonds is 9. The van der Waals surface area contributed by atoms with Gasteiger partial charge in [0.05, 0.1) is 18.1 Å². The molecule has 22 heavy (non-hydrogen) atoms. The van der Waals surface area contributed by atoms with Gasteiger partial charge >= 0.3 is 0 Å². The summed E-state index contributed by atoms with van der Waals surface area (Å²) < 4.78 is 43.4. The molecule has 0 N–H and O–H groups in total. The first kappa shape index (κ1) is 17.3. The smallest absolute Gasteiger partial charge is 0.165 e. The number of benzene rings is 1. The predicted molar refractivity (Wildman–Crippen MR) is 86.6 cm³/mol. The number of sulfone groups is 1. The summed E-state index contributed by atoms with van der Waals surface area (Å²) in [5.74, 6) is 0.564. The van der Waals surface area contributed by atoms with Gasteiger partial charge in [-0.1, -0.05) is 26.3 Å². The topological polar surface area (TPSA) is 43.4 Å². The first-order valence-electron chi connectivity index (χ1n) is 8.04. The van der Waals surface area contributed by atoms with E-state index in [1.54, 1.807) is 12.1 Å². The molecule has 0 aromatic heterocycles. The highest BCUT2D eigenvalue weighted by molar-refractivity contribution is 7.91. The van der Waals surface area contributed by atoms with Crippen molar-refractivity contribution < 1.29 is 17.5 Å². The zero-order valence-corrected chi connectivity index (χ0v) is 14.2. The van der Waals surface area contributed by atoms with Crippen molar-refractivity contribution in [2.75, 3.05) is 18.1 Å². The van der Waals surface area contributed by atoms with E-state index in [4.69, 9.17) is 4.74 Å². The maximum Gasteiger partial charge on any atom is 0.165 e. The quantitative estimate of drug-likeness (QED) is 0.690. The van der Waals surface area contributed by atoms with E-state index in [9.17, 15) is 12.8 Å². The minimum absolute atomic E-state index is 0.0979. The zero-order chi connectivity index (χ0) is 16.2. The van der Waals surface area contributed by atoms with Crippen LogP contribution in [0.3, 0.4) is 0 Å². The highest BCUT2D eigenvalue weighted by Gasteiger charge is 2.23. The Balaban J connectivity index is 2.01. The Labute approximate surface area is 132 Å². The molecule has 0 heterocycles. The van der Waals surface area contributed by atoms with Crippen LogP contribution in [0.1, 0.15) is 51.0 Å². The summed E-state index contributed by atoms with van der Waals surface area (Å²) in [6.45, 7) is 4.38. The molecule has 124 valence electrons. The summed E-state index contributed by atoms with van der Waals surface area (Å²) >= 11 is 0. The number of halogens is 1. The lowest BCUT2D eigenvalue weighted by molar-refractivity contribution is 0.285.